The van der Waals surface area contributed by atoms with Crippen LogP contribution in [-0.4, -0.2) is 40.2 Å². The minimum Gasteiger partial charge on any atom is -0.449 e. The molecule has 5 rings (SSSR count). The molecule has 2 fully saturated rings. The molecule has 1 aromatic rings. The first-order chi connectivity index (χ1) is 12.6. The minimum atomic E-state index is -1.04. The van der Waals surface area contributed by atoms with Crippen LogP contribution in [0.4, 0.5) is 0 Å². The standard InChI is InChI=1S/C21H20N2O3/c22-12-13-4-6-14(7-5-13)19(24)18-16-9-8-15-11-21(16,26-20(18)25)17-3-1-2-10-23(15)17/h4-9,15,17,19,24H,1-3,10-11H2/t15-,17-,19?,21+/m1/s1. The summed E-state index contributed by atoms with van der Waals surface area (Å²) in [6.07, 6.45) is 7.27. The van der Waals surface area contributed by atoms with Gasteiger partial charge in [-0.25, -0.2) is 4.79 Å². The number of aliphatic hydroxyl groups is 1. The van der Waals surface area contributed by atoms with Crippen LogP contribution in [-0.2, 0) is 9.53 Å². The number of esters is 1. The number of rotatable bonds is 2. The lowest BCUT2D eigenvalue weighted by molar-refractivity contribution is -0.150. The summed E-state index contributed by atoms with van der Waals surface area (Å²) in [6, 6.07) is 9.31. The maximum atomic E-state index is 12.8. The quantitative estimate of drug-likeness (QED) is 0.831. The number of nitriles is 1. The van der Waals surface area contributed by atoms with E-state index in [4.69, 9.17) is 10.00 Å². The zero-order valence-corrected chi connectivity index (χ0v) is 14.4. The zero-order valence-electron chi connectivity index (χ0n) is 14.4. The van der Waals surface area contributed by atoms with E-state index >= 15 is 0 Å². The maximum Gasteiger partial charge on any atom is 0.338 e. The van der Waals surface area contributed by atoms with Crippen LogP contribution in [0.3, 0.4) is 0 Å². The third-order valence-electron chi connectivity index (χ3n) is 6.38. The molecule has 5 heteroatoms. The molecule has 1 aliphatic carbocycles. The van der Waals surface area contributed by atoms with Gasteiger partial charge in [-0.05, 0) is 37.1 Å². The topological polar surface area (TPSA) is 73.6 Å². The lowest BCUT2D eigenvalue weighted by Gasteiger charge is -2.37. The summed E-state index contributed by atoms with van der Waals surface area (Å²) in [7, 11) is 0. The lowest BCUT2D eigenvalue weighted by atomic mass is 9.78. The van der Waals surface area contributed by atoms with E-state index < -0.39 is 17.7 Å². The maximum absolute atomic E-state index is 12.8. The van der Waals surface area contributed by atoms with Crippen molar-refractivity contribution in [2.75, 3.05) is 6.54 Å². The van der Waals surface area contributed by atoms with Gasteiger partial charge in [-0.3, -0.25) is 4.90 Å². The molecule has 0 amide bonds. The van der Waals surface area contributed by atoms with Crippen LogP contribution in [0.1, 0.15) is 42.9 Å². The molecule has 2 saturated heterocycles. The highest BCUT2D eigenvalue weighted by molar-refractivity contribution is 5.96. The van der Waals surface area contributed by atoms with Crippen molar-refractivity contribution in [2.24, 2.45) is 0 Å². The first kappa shape index (κ1) is 15.8. The zero-order chi connectivity index (χ0) is 17.9. The Balaban J connectivity index is 1.58. The van der Waals surface area contributed by atoms with Crippen molar-refractivity contribution in [2.45, 2.75) is 49.5 Å². The number of aliphatic hydroxyl groups excluding tert-OH is 1. The van der Waals surface area contributed by atoms with E-state index in [2.05, 4.69) is 17.0 Å². The fourth-order valence-corrected chi connectivity index (χ4v) is 5.21. The Morgan fingerprint density at radius 1 is 1.31 bits per heavy atom. The second-order valence-corrected chi connectivity index (χ2v) is 7.62. The number of carbonyl (C=O) groups excluding carboxylic acids is 1. The number of benzene rings is 1. The van der Waals surface area contributed by atoms with Gasteiger partial charge in [0, 0.05) is 18.0 Å². The van der Waals surface area contributed by atoms with Crippen LogP contribution in [0.2, 0.25) is 0 Å². The Morgan fingerprint density at radius 3 is 2.88 bits per heavy atom. The van der Waals surface area contributed by atoms with Gasteiger partial charge in [-0.2, -0.15) is 5.26 Å². The van der Waals surface area contributed by atoms with Crippen molar-refractivity contribution in [3.63, 3.8) is 0 Å². The van der Waals surface area contributed by atoms with Crippen LogP contribution in [0.25, 0.3) is 0 Å². The minimum absolute atomic E-state index is 0.209. The molecule has 1 aromatic carbocycles. The van der Waals surface area contributed by atoms with Gasteiger partial charge in [0.05, 0.1) is 23.2 Å². The van der Waals surface area contributed by atoms with Gasteiger partial charge >= 0.3 is 5.97 Å². The molecule has 3 aliphatic heterocycles. The van der Waals surface area contributed by atoms with E-state index in [1.807, 2.05) is 6.08 Å². The van der Waals surface area contributed by atoms with Crippen molar-refractivity contribution in [3.8, 4) is 6.07 Å². The number of carbonyl (C=O) groups is 1. The first-order valence-corrected chi connectivity index (χ1v) is 9.24. The van der Waals surface area contributed by atoms with E-state index in [1.165, 1.54) is 6.42 Å². The molecule has 26 heavy (non-hydrogen) atoms. The highest BCUT2D eigenvalue weighted by Gasteiger charge is 2.62. The highest BCUT2D eigenvalue weighted by Crippen LogP contribution is 2.54. The van der Waals surface area contributed by atoms with Crippen molar-refractivity contribution in [1.29, 1.82) is 5.26 Å². The summed E-state index contributed by atoms with van der Waals surface area (Å²) < 4.78 is 6.00. The number of fused-ring (bicyclic) bond motifs is 3. The number of ether oxygens (including phenoxy) is 1. The number of nitrogens with zero attached hydrogens (tertiary/aromatic N) is 2. The SMILES string of the molecule is N#Cc1ccc(C(O)C2=C3C=C[C@@H]4C[C@@]3(OC2=O)[C@H]2CCCCN42)cc1. The van der Waals surface area contributed by atoms with Gasteiger partial charge in [0.2, 0.25) is 0 Å². The van der Waals surface area contributed by atoms with Gasteiger partial charge in [0.1, 0.15) is 6.10 Å². The fourth-order valence-electron chi connectivity index (χ4n) is 5.21. The average Bonchev–Trinajstić information content (AvgIpc) is 3.12. The molecule has 0 aromatic heterocycles. The van der Waals surface area contributed by atoms with Crippen LogP contribution in [0.5, 0.6) is 0 Å². The molecule has 1 spiro atoms. The van der Waals surface area contributed by atoms with Gasteiger partial charge in [-0.1, -0.05) is 30.7 Å². The summed E-state index contributed by atoms with van der Waals surface area (Å²) in [6.45, 7) is 1.04. The number of hydrogen-bond donors (Lipinski definition) is 1. The molecule has 5 nitrogen and oxygen atoms in total. The van der Waals surface area contributed by atoms with Crippen LogP contribution in [0, 0.1) is 11.3 Å². The summed E-state index contributed by atoms with van der Waals surface area (Å²) in [5.41, 5.74) is 1.74. The van der Waals surface area contributed by atoms with E-state index in [-0.39, 0.29) is 6.04 Å². The van der Waals surface area contributed by atoms with E-state index in [0.29, 0.717) is 22.7 Å². The predicted octanol–water partition coefficient (Wildman–Crippen LogP) is 2.38. The molecule has 3 heterocycles. The van der Waals surface area contributed by atoms with E-state index in [0.717, 1.165) is 31.4 Å². The third kappa shape index (κ3) is 2.00. The molecular weight excluding hydrogens is 328 g/mol. The molecule has 132 valence electrons. The second-order valence-electron chi connectivity index (χ2n) is 7.62. The van der Waals surface area contributed by atoms with Gasteiger partial charge < -0.3 is 9.84 Å². The Labute approximate surface area is 152 Å². The van der Waals surface area contributed by atoms with Crippen molar-refractivity contribution >= 4 is 5.97 Å². The average molecular weight is 348 g/mol. The van der Waals surface area contributed by atoms with Crippen molar-refractivity contribution in [1.82, 2.24) is 4.90 Å². The van der Waals surface area contributed by atoms with Crippen LogP contribution in [0.15, 0.2) is 47.6 Å². The highest BCUT2D eigenvalue weighted by atomic mass is 16.6. The largest absolute Gasteiger partial charge is 0.449 e. The molecule has 0 radical (unpaired) electrons. The van der Waals surface area contributed by atoms with Gasteiger partial charge in [0.15, 0.2) is 5.60 Å². The number of piperidine rings is 1. The summed E-state index contributed by atoms with van der Waals surface area (Å²) in [5.74, 6) is -0.408. The molecule has 1 N–H and O–H groups in total. The Bertz CT molecular complexity index is 880. The Kier molecular flexibility index (Phi) is 3.37. The third-order valence-corrected chi connectivity index (χ3v) is 6.38. The van der Waals surface area contributed by atoms with Crippen molar-refractivity contribution in [3.05, 3.63) is 58.7 Å². The Hall–Kier alpha value is -2.42. The second kappa shape index (κ2) is 5.54. The van der Waals surface area contributed by atoms with Crippen molar-refractivity contribution < 1.29 is 14.6 Å². The smallest absolute Gasteiger partial charge is 0.338 e. The summed E-state index contributed by atoms with van der Waals surface area (Å²) >= 11 is 0. The predicted molar refractivity (Wildman–Crippen MR) is 93.9 cm³/mol. The normalized spacial score (nSPS) is 33.5. The molecule has 1 unspecified atom stereocenters. The number of hydrogen-bond acceptors (Lipinski definition) is 5. The summed E-state index contributed by atoms with van der Waals surface area (Å²) in [5, 5.41) is 19.9. The fraction of sp³-hybridized carbons (Fsp3) is 0.429. The molecule has 0 saturated carbocycles. The summed E-state index contributed by atoms with van der Waals surface area (Å²) in [4.78, 5) is 15.3. The van der Waals surface area contributed by atoms with E-state index in [1.54, 1.807) is 24.3 Å². The van der Waals surface area contributed by atoms with Crippen LogP contribution < -0.4 is 0 Å². The van der Waals surface area contributed by atoms with E-state index in [9.17, 15) is 9.90 Å². The molecule has 2 bridgehead atoms. The van der Waals surface area contributed by atoms with Gasteiger partial charge in [-0.15, -0.1) is 0 Å². The molecular formula is C21H20N2O3. The van der Waals surface area contributed by atoms with Crippen LogP contribution >= 0.6 is 0 Å². The monoisotopic (exact) mass is 348 g/mol. The molecule has 4 atom stereocenters. The Morgan fingerprint density at radius 2 is 2.12 bits per heavy atom. The lowest BCUT2D eigenvalue weighted by Crippen LogP contribution is -2.48. The van der Waals surface area contributed by atoms with Gasteiger partial charge in [0.25, 0.3) is 0 Å². The molecule has 4 aliphatic rings. The first-order valence-electron chi connectivity index (χ1n) is 9.24.